The van der Waals surface area contributed by atoms with Gasteiger partial charge in [0.2, 0.25) is 0 Å². The molecule has 0 unspecified atom stereocenters. The fourth-order valence-electron chi connectivity index (χ4n) is 2.76. The average molecular weight is 370 g/mol. The minimum Gasteiger partial charge on any atom is -0.313 e. The topological polar surface area (TPSA) is 69.9 Å². The summed E-state index contributed by atoms with van der Waals surface area (Å²) >= 11 is 1.37. The Hall–Kier alpha value is -3.56. The smallest absolute Gasteiger partial charge is 0.282 e. The molecule has 6 heteroatoms. The lowest BCUT2D eigenvalue weighted by Gasteiger charge is -2.23. The van der Waals surface area contributed by atoms with Crippen LogP contribution < -0.4 is 10.5 Å². The van der Waals surface area contributed by atoms with E-state index in [1.165, 1.54) is 11.3 Å². The van der Waals surface area contributed by atoms with Crippen molar-refractivity contribution in [3.8, 4) is 6.07 Å². The molecule has 5 nitrogen and oxygen atoms in total. The van der Waals surface area contributed by atoms with E-state index in [4.69, 9.17) is 5.26 Å². The van der Waals surface area contributed by atoms with Gasteiger partial charge in [-0.25, -0.2) is 4.98 Å². The summed E-state index contributed by atoms with van der Waals surface area (Å²) < 4.78 is 0. The number of rotatable bonds is 4. The van der Waals surface area contributed by atoms with Crippen molar-refractivity contribution < 1.29 is 0 Å². The van der Waals surface area contributed by atoms with Gasteiger partial charge in [0.15, 0.2) is 5.13 Å². The van der Waals surface area contributed by atoms with Crippen molar-refractivity contribution in [1.82, 2.24) is 9.97 Å². The number of nitrogens with zero attached hydrogens (tertiary/aromatic N) is 4. The van der Waals surface area contributed by atoms with E-state index >= 15 is 0 Å². The average Bonchev–Trinajstić information content (AvgIpc) is 2.73. The highest BCUT2D eigenvalue weighted by molar-refractivity contribution is 7.21. The molecule has 2 heterocycles. The van der Waals surface area contributed by atoms with Gasteiger partial charge in [-0.15, -0.1) is 0 Å². The van der Waals surface area contributed by atoms with Crippen LogP contribution in [0.4, 0.5) is 10.8 Å². The first-order valence-corrected chi connectivity index (χ1v) is 9.14. The number of hydrogen-bond donors (Lipinski definition) is 0. The van der Waals surface area contributed by atoms with Crippen molar-refractivity contribution >= 4 is 32.4 Å². The van der Waals surface area contributed by atoms with Crippen LogP contribution >= 0.6 is 11.3 Å². The van der Waals surface area contributed by atoms with Crippen LogP contribution in [0.25, 0.3) is 10.2 Å². The van der Waals surface area contributed by atoms with Gasteiger partial charge < -0.3 is 4.90 Å². The third-order valence-electron chi connectivity index (χ3n) is 4.11. The maximum atomic E-state index is 12.5. The first-order chi connectivity index (χ1) is 13.2. The number of nitriles is 1. The van der Waals surface area contributed by atoms with Crippen LogP contribution in [0.1, 0.15) is 11.1 Å². The van der Waals surface area contributed by atoms with E-state index in [0.717, 1.165) is 11.3 Å². The Bertz CT molecular complexity index is 1180. The maximum absolute atomic E-state index is 12.5. The lowest BCUT2D eigenvalue weighted by Crippen LogP contribution is -2.20. The number of anilines is 2. The number of hydrogen-bond acceptors (Lipinski definition) is 6. The molecule has 0 bridgehead atoms. The molecule has 0 spiro atoms. The predicted octanol–water partition coefficient (Wildman–Crippen LogP) is 4.26. The SMILES string of the molecule is N#Cc1ccc(N(Cc2ccccc2)c2nc(=O)c3cccnc3s2)cc1. The van der Waals surface area contributed by atoms with E-state index in [0.29, 0.717) is 27.5 Å². The first kappa shape index (κ1) is 16.9. The normalized spacial score (nSPS) is 10.5. The van der Waals surface area contributed by atoms with Crippen LogP contribution in [0.15, 0.2) is 77.7 Å². The predicted molar refractivity (Wildman–Crippen MR) is 107 cm³/mol. The summed E-state index contributed by atoms with van der Waals surface area (Å²) in [5.41, 5.74) is 2.24. The van der Waals surface area contributed by atoms with Crippen molar-refractivity contribution in [2.45, 2.75) is 6.54 Å². The Kier molecular flexibility index (Phi) is 4.60. The largest absolute Gasteiger partial charge is 0.313 e. The minimum atomic E-state index is -0.293. The van der Waals surface area contributed by atoms with E-state index in [9.17, 15) is 4.79 Å². The zero-order valence-corrected chi connectivity index (χ0v) is 15.1. The summed E-state index contributed by atoms with van der Waals surface area (Å²) in [6.07, 6.45) is 1.67. The van der Waals surface area contributed by atoms with Crippen LogP contribution in [-0.2, 0) is 6.54 Å². The highest BCUT2D eigenvalue weighted by Crippen LogP contribution is 2.30. The zero-order valence-electron chi connectivity index (χ0n) is 14.2. The van der Waals surface area contributed by atoms with Gasteiger partial charge in [-0.05, 0) is 42.0 Å². The Morgan fingerprint density at radius 1 is 1.00 bits per heavy atom. The molecular weight excluding hydrogens is 356 g/mol. The lowest BCUT2D eigenvalue weighted by atomic mass is 10.2. The van der Waals surface area contributed by atoms with Gasteiger partial charge in [-0.2, -0.15) is 10.2 Å². The summed E-state index contributed by atoms with van der Waals surface area (Å²) in [6, 6.07) is 22.8. The quantitative estimate of drug-likeness (QED) is 0.537. The van der Waals surface area contributed by atoms with E-state index in [1.807, 2.05) is 47.4 Å². The third kappa shape index (κ3) is 3.54. The van der Waals surface area contributed by atoms with Gasteiger partial charge in [0.25, 0.3) is 5.56 Å². The van der Waals surface area contributed by atoms with Gasteiger partial charge in [-0.3, -0.25) is 4.79 Å². The molecule has 4 rings (SSSR count). The summed E-state index contributed by atoms with van der Waals surface area (Å²) in [7, 11) is 0. The Labute approximate surface area is 159 Å². The number of aromatic nitrogens is 2. The van der Waals surface area contributed by atoms with E-state index in [2.05, 4.69) is 16.0 Å². The molecule has 0 atom stereocenters. The van der Waals surface area contributed by atoms with Crippen molar-refractivity contribution in [2.75, 3.05) is 4.90 Å². The molecule has 0 fully saturated rings. The first-order valence-electron chi connectivity index (χ1n) is 8.32. The Balaban J connectivity index is 1.84. The Morgan fingerprint density at radius 2 is 1.78 bits per heavy atom. The fourth-order valence-corrected chi connectivity index (χ4v) is 3.72. The van der Waals surface area contributed by atoms with Crippen LogP contribution in [0.3, 0.4) is 0 Å². The molecule has 27 heavy (non-hydrogen) atoms. The molecule has 0 aliphatic carbocycles. The lowest BCUT2D eigenvalue weighted by molar-refractivity contribution is 0.959. The second kappa shape index (κ2) is 7.36. The summed E-state index contributed by atoms with van der Waals surface area (Å²) in [5, 5.41) is 10.1. The van der Waals surface area contributed by atoms with Crippen LogP contribution in [0.2, 0.25) is 0 Å². The van der Waals surface area contributed by atoms with E-state index < -0.39 is 0 Å². The van der Waals surface area contributed by atoms with E-state index in [1.54, 1.807) is 30.5 Å². The highest BCUT2D eigenvalue weighted by atomic mass is 32.1. The molecule has 0 saturated carbocycles. The molecule has 0 aliphatic heterocycles. The van der Waals surface area contributed by atoms with Crippen molar-refractivity contribution in [2.24, 2.45) is 0 Å². The molecule has 2 aromatic carbocycles. The van der Waals surface area contributed by atoms with Crippen molar-refractivity contribution in [1.29, 1.82) is 5.26 Å². The second-order valence-electron chi connectivity index (χ2n) is 5.89. The van der Waals surface area contributed by atoms with Gasteiger partial charge in [-0.1, -0.05) is 41.7 Å². The standard InChI is InChI=1S/C21H14N4OS/c22-13-15-8-10-17(11-9-15)25(14-16-5-2-1-3-6-16)21-24-19(26)18-7-4-12-23-20(18)27-21/h1-12H,14H2. The third-order valence-corrected chi connectivity index (χ3v) is 5.12. The van der Waals surface area contributed by atoms with E-state index in [-0.39, 0.29) is 5.56 Å². The molecule has 4 aromatic rings. The number of fused-ring (bicyclic) bond motifs is 1. The molecule has 0 N–H and O–H groups in total. The van der Waals surface area contributed by atoms with Crippen LogP contribution in [-0.4, -0.2) is 9.97 Å². The highest BCUT2D eigenvalue weighted by Gasteiger charge is 2.15. The molecule has 0 radical (unpaired) electrons. The Morgan fingerprint density at radius 3 is 2.52 bits per heavy atom. The summed E-state index contributed by atoms with van der Waals surface area (Å²) in [4.78, 5) is 23.7. The van der Waals surface area contributed by atoms with Crippen molar-refractivity contribution in [3.63, 3.8) is 0 Å². The van der Waals surface area contributed by atoms with Gasteiger partial charge in [0.1, 0.15) is 4.83 Å². The minimum absolute atomic E-state index is 0.293. The van der Waals surface area contributed by atoms with Gasteiger partial charge in [0.05, 0.1) is 23.6 Å². The summed E-state index contributed by atoms with van der Waals surface area (Å²) in [5.74, 6) is 0. The number of pyridine rings is 1. The molecule has 0 amide bonds. The van der Waals surface area contributed by atoms with Crippen molar-refractivity contribution in [3.05, 3.63) is 94.4 Å². The van der Waals surface area contributed by atoms with Crippen LogP contribution in [0.5, 0.6) is 0 Å². The molecule has 2 aromatic heterocycles. The zero-order chi connectivity index (χ0) is 18.6. The number of benzene rings is 2. The monoisotopic (exact) mass is 370 g/mol. The fraction of sp³-hybridized carbons (Fsp3) is 0.0476. The maximum Gasteiger partial charge on any atom is 0.282 e. The van der Waals surface area contributed by atoms with Crippen LogP contribution in [0, 0.1) is 11.3 Å². The molecular formula is C21H14N4OS. The summed E-state index contributed by atoms with van der Waals surface area (Å²) in [6.45, 7) is 0.550. The van der Waals surface area contributed by atoms with Gasteiger partial charge >= 0.3 is 0 Å². The second-order valence-corrected chi connectivity index (χ2v) is 6.84. The van der Waals surface area contributed by atoms with Gasteiger partial charge in [0, 0.05) is 11.9 Å². The molecule has 130 valence electrons. The molecule has 0 saturated heterocycles. The molecule has 0 aliphatic rings.